The number of halogens is 1. The lowest BCUT2D eigenvalue weighted by Crippen LogP contribution is -2.32. The number of imidazole rings is 1. The van der Waals surface area contributed by atoms with Crippen molar-refractivity contribution in [1.82, 2.24) is 9.38 Å². The second-order valence-corrected chi connectivity index (χ2v) is 6.84. The van der Waals surface area contributed by atoms with Gasteiger partial charge in [-0.2, -0.15) is 0 Å². The van der Waals surface area contributed by atoms with E-state index in [4.69, 9.17) is 11.6 Å². The number of alkyl halides is 1. The van der Waals surface area contributed by atoms with E-state index in [1.807, 2.05) is 73.8 Å². The Kier molecular flexibility index (Phi) is 4.33. The number of nitrogens with zero attached hydrogens (tertiary/aromatic N) is 2. The zero-order valence-corrected chi connectivity index (χ0v) is 14.8. The van der Waals surface area contributed by atoms with Crippen LogP contribution in [0.3, 0.4) is 0 Å². The number of rotatable bonds is 4. The van der Waals surface area contributed by atoms with Crippen molar-refractivity contribution in [1.29, 1.82) is 0 Å². The summed E-state index contributed by atoms with van der Waals surface area (Å²) in [5.41, 5.74) is 3.01. The van der Waals surface area contributed by atoms with Gasteiger partial charge in [-0.1, -0.05) is 35.9 Å². The van der Waals surface area contributed by atoms with Crippen molar-refractivity contribution in [3.8, 4) is 11.3 Å². The third-order valence-corrected chi connectivity index (χ3v) is 4.70. The molecule has 0 saturated carbocycles. The first kappa shape index (κ1) is 16.5. The molecular weight excluding hydrogens is 322 g/mol. The van der Waals surface area contributed by atoms with Crippen molar-refractivity contribution in [3.05, 3.63) is 54.2 Å². The fourth-order valence-electron chi connectivity index (χ4n) is 2.37. The number of benzene rings is 1. The van der Waals surface area contributed by atoms with Gasteiger partial charge in [0.1, 0.15) is 17.2 Å². The van der Waals surface area contributed by atoms with E-state index < -0.39 is 5.41 Å². The molecule has 24 heavy (non-hydrogen) atoms. The molecule has 0 bridgehead atoms. The zero-order valence-electron chi connectivity index (χ0n) is 14.0. The van der Waals surface area contributed by atoms with E-state index in [1.165, 1.54) is 5.56 Å². The Bertz CT molecular complexity index is 881. The third kappa shape index (κ3) is 3.02. The average molecular weight is 342 g/mol. The smallest absolute Gasteiger partial charge is 0.232 e. The van der Waals surface area contributed by atoms with Crippen LogP contribution < -0.4 is 5.32 Å². The van der Waals surface area contributed by atoms with Crippen LogP contribution in [0.1, 0.15) is 19.4 Å². The Hall–Kier alpha value is -2.33. The Morgan fingerprint density at radius 2 is 1.92 bits per heavy atom. The molecular formula is C19H20ClN3O. The average Bonchev–Trinajstić information content (AvgIpc) is 2.94. The number of pyridine rings is 1. The quantitative estimate of drug-likeness (QED) is 0.709. The maximum atomic E-state index is 12.6. The Balaban J connectivity index is 2.12. The van der Waals surface area contributed by atoms with E-state index in [0.29, 0.717) is 5.82 Å². The molecule has 1 N–H and O–H groups in total. The largest absolute Gasteiger partial charge is 0.309 e. The van der Waals surface area contributed by atoms with Crippen LogP contribution in [-0.4, -0.2) is 21.2 Å². The summed E-state index contributed by atoms with van der Waals surface area (Å²) in [6.07, 6.45) is 1.89. The molecule has 0 fully saturated rings. The number of hydrogen-bond donors (Lipinski definition) is 1. The molecule has 0 aliphatic rings. The summed E-state index contributed by atoms with van der Waals surface area (Å²) in [5, 5.41) is 3.01. The molecule has 0 spiro atoms. The summed E-state index contributed by atoms with van der Waals surface area (Å²) >= 11 is 5.94. The third-order valence-electron chi connectivity index (χ3n) is 4.04. The minimum absolute atomic E-state index is 0.128. The highest BCUT2D eigenvalue weighted by Gasteiger charge is 2.28. The number of hydrogen-bond acceptors (Lipinski definition) is 2. The Labute approximate surface area is 146 Å². The number of fused-ring (bicyclic) bond motifs is 1. The monoisotopic (exact) mass is 341 g/mol. The van der Waals surface area contributed by atoms with Gasteiger partial charge in [-0.05, 0) is 32.9 Å². The maximum Gasteiger partial charge on any atom is 0.232 e. The van der Waals surface area contributed by atoms with Gasteiger partial charge < -0.3 is 5.32 Å². The summed E-state index contributed by atoms with van der Waals surface area (Å²) in [7, 11) is 0. The van der Waals surface area contributed by atoms with Crippen molar-refractivity contribution >= 4 is 29.0 Å². The van der Waals surface area contributed by atoms with E-state index in [9.17, 15) is 4.79 Å². The normalized spacial score (nSPS) is 11.7. The number of anilines is 1. The fourth-order valence-corrected chi connectivity index (χ4v) is 2.49. The first-order valence-electron chi connectivity index (χ1n) is 7.84. The molecule has 1 amide bonds. The molecule has 4 nitrogen and oxygen atoms in total. The van der Waals surface area contributed by atoms with Gasteiger partial charge >= 0.3 is 0 Å². The SMILES string of the molecule is Cc1ccc(-c2nc3ccccn3c2NC(=O)C(C)(C)CCl)cc1. The minimum atomic E-state index is -0.662. The highest BCUT2D eigenvalue weighted by molar-refractivity contribution is 6.20. The van der Waals surface area contributed by atoms with Crippen LogP contribution in [0, 0.1) is 12.3 Å². The predicted octanol–water partition coefficient (Wildman–Crippen LogP) is 4.51. The fraction of sp³-hybridized carbons (Fsp3) is 0.263. The van der Waals surface area contributed by atoms with E-state index >= 15 is 0 Å². The van der Waals surface area contributed by atoms with Crippen LogP contribution >= 0.6 is 11.6 Å². The van der Waals surface area contributed by atoms with Gasteiger partial charge in [0.25, 0.3) is 0 Å². The van der Waals surface area contributed by atoms with E-state index in [2.05, 4.69) is 10.3 Å². The van der Waals surface area contributed by atoms with Crippen LogP contribution in [-0.2, 0) is 4.79 Å². The zero-order chi connectivity index (χ0) is 17.3. The molecule has 0 aliphatic heterocycles. The van der Waals surface area contributed by atoms with Crippen LogP contribution in [0.15, 0.2) is 48.7 Å². The molecule has 2 aromatic heterocycles. The van der Waals surface area contributed by atoms with E-state index in [0.717, 1.165) is 16.9 Å². The molecule has 3 rings (SSSR count). The summed E-state index contributed by atoms with van der Waals surface area (Å²) in [5.74, 6) is 0.782. The first-order valence-corrected chi connectivity index (χ1v) is 8.37. The van der Waals surface area contributed by atoms with E-state index in [-0.39, 0.29) is 11.8 Å². The topological polar surface area (TPSA) is 46.4 Å². The van der Waals surface area contributed by atoms with Crippen molar-refractivity contribution in [2.24, 2.45) is 5.41 Å². The van der Waals surface area contributed by atoms with Gasteiger partial charge in [-0.25, -0.2) is 4.98 Å². The van der Waals surface area contributed by atoms with Crippen LogP contribution in [0.25, 0.3) is 16.9 Å². The van der Waals surface area contributed by atoms with Crippen molar-refractivity contribution in [2.45, 2.75) is 20.8 Å². The van der Waals surface area contributed by atoms with Crippen LogP contribution in [0.5, 0.6) is 0 Å². The van der Waals surface area contributed by atoms with Crippen molar-refractivity contribution in [2.75, 3.05) is 11.2 Å². The molecule has 1 aromatic carbocycles. The van der Waals surface area contributed by atoms with Crippen LogP contribution in [0.2, 0.25) is 0 Å². The second kappa shape index (κ2) is 6.29. The second-order valence-electron chi connectivity index (χ2n) is 6.58. The van der Waals surface area contributed by atoms with Gasteiger partial charge in [0, 0.05) is 17.6 Å². The highest BCUT2D eigenvalue weighted by Crippen LogP contribution is 2.30. The lowest BCUT2D eigenvalue weighted by Gasteiger charge is -2.20. The number of aryl methyl sites for hydroxylation is 1. The van der Waals surface area contributed by atoms with Gasteiger partial charge in [0.2, 0.25) is 5.91 Å². The van der Waals surface area contributed by atoms with E-state index in [1.54, 1.807) is 0 Å². The summed E-state index contributed by atoms with van der Waals surface area (Å²) in [6.45, 7) is 5.69. The van der Waals surface area contributed by atoms with Crippen molar-refractivity contribution < 1.29 is 4.79 Å². The highest BCUT2D eigenvalue weighted by atomic mass is 35.5. The molecule has 0 radical (unpaired) electrons. The lowest BCUT2D eigenvalue weighted by atomic mass is 9.95. The number of carbonyl (C=O) groups is 1. The Morgan fingerprint density at radius 1 is 1.21 bits per heavy atom. The minimum Gasteiger partial charge on any atom is -0.309 e. The maximum absolute atomic E-state index is 12.6. The van der Waals surface area contributed by atoms with Crippen LogP contribution in [0.4, 0.5) is 5.82 Å². The summed E-state index contributed by atoms with van der Waals surface area (Å²) < 4.78 is 1.89. The standard InChI is InChI=1S/C19H20ClN3O/c1-13-7-9-14(10-8-13)16-17(22-18(24)19(2,3)12-20)23-11-5-4-6-15(23)21-16/h4-11H,12H2,1-3H3,(H,22,24). The van der Waals surface area contributed by atoms with Gasteiger partial charge in [-0.3, -0.25) is 9.20 Å². The molecule has 2 heterocycles. The number of aromatic nitrogens is 2. The molecule has 3 aromatic rings. The summed E-state index contributed by atoms with van der Waals surface area (Å²) in [4.78, 5) is 17.3. The molecule has 0 unspecified atom stereocenters. The summed E-state index contributed by atoms with van der Waals surface area (Å²) in [6, 6.07) is 13.9. The molecule has 0 atom stereocenters. The first-order chi connectivity index (χ1) is 11.4. The molecule has 124 valence electrons. The molecule has 0 saturated heterocycles. The molecule has 0 aliphatic carbocycles. The lowest BCUT2D eigenvalue weighted by molar-refractivity contribution is -0.123. The number of nitrogens with one attached hydrogen (secondary N) is 1. The Morgan fingerprint density at radius 3 is 2.58 bits per heavy atom. The number of amides is 1. The van der Waals surface area contributed by atoms with Gasteiger partial charge in [-0.15, -0.1) is 11.6 Å². The van der Waals surface area contributed by atoms with Gasteiger partial charge in [0.05, 0.1) is 5.41 Å². The molecule has 5 heteroatoms. The number of carbonyl (C=O) groups excluding carboxylic acids is 1. The van der Waals surface area contributed by atoms with Crippen molar-refractivity contribution in [3.63, 3.8) is 0 Å². The predicted molar refractivity (Wildman–Crippen MR) is 98.5 cm³/mol. The van der Waals surface area contributed by atoms with Gasteiger partial charge in [0.15, 0.2) is 0 Å².